The lowest BCUT2D eigenvalue weighted by molar-refractivity contribution is -0.137. The third-order valence-electron chi connectivity index (χ3n) is 2.97. The number of aliphatic hydroxyl groups is 1. The largest absolute Gasteiger partial charge is 0.416 e. The second-order valence-corrected chi connectivity index (χ2v) is 5.38. The Morgan fingerprint density at radius 2 is 1.50 bits per heavy atom. The van der Waals surface area contributed by atoms with E-state index in [1.165, 1.54) is 12.1 Å². The van der Waals surface area contributed by atoms with Crippen LogP contribution < -0.4 is 0 Å². The molecule has 2 aromatic rings. The first-order chi connectivity index (χ1) is 9.36. The number of hydrogen-bond donors (Lipinski definition) is 1. The van der Waals surface area contributed by atoms with Crippen molar-refractivity contribution in [2.75, 3.05) is 0 Å². The predicted molar refractivity (Wildman–Crippen MR) is 74.2 cm³/mol. The molecule has 0 aliphatic carbocycles. The summed E-state index contributed by atoms with van der Waals surface area (Å²) in [5.41, 5.74) is 0.679. The van der Waals surface area contributed by atoms with Crippen molar-refractivity contribution in [2.45, 2.75) is 18.7 Å². The maximum Gasteiger partial charge on any atom is 0.416 e. The van der Waals surface area contributed by atoms with Crippen molar-refractivity contribution in [3.63, 3.8) is 0 Å². The molecule has 0 heterocycles. The summed E-state index contributed by atoms with van der Waals surface area (Å²) in [6.45, 7) is 0. The van der Waals surface area contributed by atoms with Crippen LogP contribution in [0, 0.1) is 0 Å². The SMILES string of the molecule is OC(Cc1ccc(Br)cc1)c1ccc(C(F)(F)F)cc1. The first-order valence-corrected chi connectivity index (χ1v) is 6.75. The molecule has 1 N–H and O–H groups in total. The van der Waals surface area contributed by atoms with E-state index in [9.17, 15) is 18.3 Å². The van der Waals surface area contributed by atoms with Crippen molar-refractivity contribution in [1.82, 2.24) is 0 Å². The van der Waals surface area contributed by atoms with Gasteiger partial charge in [0.2, 0.25) is 0 Å². The van der Waals surface area contributed by atoms with E-state index in [2.05, 4.69) is 15.9 Å². The third-order valence-corrected chi connectivity index (χ3v) is 3.49. The summed E-state index contributed by atoms with van der Waals surface area (Å²) in [4.78, 5) is 0. The van der Waals surface area contributed by atoms with Crippen LogP contribution >= 0.6 is 15.9 Å². The highest BCUT2D eigenvalue weighted by molar-refractivity contribution is 9.10. The Morgan fingerprint density at radius 1 is 0.950 bits per heavy atom. The van der Waals surface area contributed by atoms with Crippen LogP contribution in [0.4, 0.5) is 13.2 Å². The molecule has 2 aromatic carbocycles. The number of benzene rings is 2. The molecule has 0 aromatic heterocycles. The van der Waals surface area contributed by atoms with Gasteiger partial charge in [-0.25, -0.2) is 0 Å². The maximum absolute atomic E-state index is 12.4. The highest BCUT2D eigenvalue weighted by Crippen LogP contribution is 2.30. The highest BCUT2D eigenvalue weighted by Gasteiger charge is 2.30. The zero-order valence-corrected chi connectivity index (χ0v) is 11.9. The average molecular weight is 345 g/mol. The molecule has 0 amide bonds. The Hall–Kier alpha value is -1.33. The minimum atomic E-state index is -4.35. The molecule has 1 unspecified atom stereocenters. The van der Waals surface area contributed by atoms with Gasteiger partial charge in [-0.2, -0.15) is 13.2 Å². The Bertz CT molecular complexity index is 561. The Labute approximate surface area is 123 Å². The minimum Gasteiger partial charge on any atom is -0.388 e. The van der Waals surface area contributed by atoms with Gasteiger partial charge in [0.1, 0.15) is 0 Å². The van der Waals surface area contributed by atoms with Gasteiger partial charge in [-0.15, -0.1) is 0 Å². The van der Waals surface area contributed by atoms with Crippen molar-refractivity contribution in [2.24, 2.45) is 0 Å². The summed E-state index contributed by atoms with van der Waals surface area (Å²) in [6, 6.07) is 12.0. The van der Waals surface area contributed by atoms with Crippen molar-refractivity contribution >= 4 is 15.9 Å². The summed E-state index contributed by atoms with van der Waals surface area (Å²) in [6.07, 6.45) is -4.81. The smallest absolute Gasteiger partial charge is 0.388 e. The fourth-order valence-corrected chi connectivity index (χ4v) is 2.12. The van der Waals surface area contributed by atoms with Crippen LogP contribution in [0.1, 0.15) is 22.8 Å². The lowest BCUT2D eigenvalue weighted by atomic mass is 10.0. The van der Waals surface area contributed by atoms with Gasteiger partial charge in [-0.1, -0.05) is 40.2 Å². The summed E-state index contributed by atoms with van der Waals surface area (Å²) in [7, 11) is 0. The first-order valence-electron chi connectivity index (χ1n) is 5.96. The molecule has 0 aliphatic heterocycles. The number of rotatable bonds is 3. The number of hydrogen-bond acceptors (Lipinski definition) is 1. The second-order valence-electron chi connectivity index (χ2n) is 4.47. The number of alkyl halides is 3. The van der Waals surface area contributed by atoms with E-state index in [4.69, 9.17) is 0 Å². The summed E-state index contributed by atoms with van der Waals surface area (Å²) in [5.74, 6) is 0. The predicted octanol–water partition coefficient (Wildman–Crippen LogP) is 4.74. The van der Waals surface area contributed by atoms with Crippen molar-refractivity contribution in [3.05, 3.63) is 69.7 Å². The van der Waals surface area contributed by atoms with Gasteiger partial charge in [-0.3, -0.25) is 0 Å². The van der Waals surface area contributed by atoms with Gasteiger partial charge in [0, 0.05) is 10.9 Å². The highest BCUT2D eigenvalue weighted by atomic mass is 79.9. The Morgan fingerprint density at radius 3 is 2.00 bits per heavy atom. The molecular weight excluding hydrogens is 333 g/mol. The van der Waals surface area contributed by atoms with Crippen LogP contribution in [0.3, 0.4) is 0 Å². The van der Waals surface area contributed by atoms with E-state index < -0.39 is 17.8 Å². The molecule has 0 bridgehead atoms. The first kappa shape index (κ1) is 15.1. The fourth-order valence-electron chi connectivity index (χ4n) is 1.86. The summed E-state index contributed by atoms with van der Waals surface area (Å²) < 4.78 is 38.3. The van der Waals surface area contributed by atoms with Gasteiger partial charge >= 0.3 is 6.18 Å². The van der Waals surface area contributed by atoms with E-state index in [0.29, 0.717) is 12.0 Å². The molecule has 20 heavy (non-hydrogen) atoms. The van der Waals surface area contributed by atoms with E-state index in [0.717, 1.165) is 22.2 Å². The second kappa shape index (κ2) is 5.97. The van der Waals surface area contributed by atoms with Crippen molar-refractivity contribution in [1.29, 1.82) is 0 Å². The molecule has 2 rings (SSSR count). The van der Waals surface area contributed by atoms with Crippen LogP contribution in [0.15, 0.2) is 53.0 Å². The molecule has 1 atom stereocenters. The lowest BCUT2D eigenvalue weighted by Crippen LogP contribution is -2.06. The van der Waals surface area contributed by atoms with Crippen LogP contribution in [0.5, 0.6) is 0 Å². The lowest BCUT2D eigenvalue weighted by Gasteiger charge is -2.13. The maximum atomic E-state index is 12.4. The molecule has 0 radical (unpaired) electrons. The van der Waals surface area contributed by atoms with Crippen LogP contribution in [-0.2, 0) is 12.6 Å². The van der Waals surface area contributed by atoms with Gasteiger partial charge in [0.15, 0.2) is 0 Å². The van der Waals surface area contributed by atoms with Crippen molar-refractivity contribution in [3.8, 4) is 0 Å². The normalized spacial score (nSPS) is 13.2. The molecule has 1 nitrogen and oxygen atoms in total. The molecule has 106 valence electrons. The van der Waals surface area contributed by atoms with E-state index in [1.807, 2.05) is 24.3 Å². The fraction of sp³-hybridized carbons (Fsp3) is 0.200. The van der Waals surface area contributed by atoms with Gasteiger partial charge in [0.25, 0.3) is 0 Å². The van der Waals surface area contributed by atoms with E-state index >= 15 is 0 Å². The van der Waals surface area contributed by atoms with Crippen molar-refractivity contribution < 1.29 is 18.3 Å². The van der Waals surface area contributed by atoms with Crippen LogP contribution in [0.2, 0.25) is 0 Å². The third kappa shape index (κ3) is 3.84. The van der Waals surface area contributed by atoms with E-state index in [-0.39, 0.29) is 0 Å². The zero-order chi connectivity index (χ0) is 14.8. The van der Waals surface area contributed by atoms with E-state index in [1.54, 1.807) is 0 Å². The van der Waals surface area contributed by atoms with Gasteiger partial charge in [-0.05, 0) is 35.4 Å². The molecule has 0 aliphatic rings. The summed E-state index contributed by atoms with van der Waals surface area (Å²) in [5, 5.41) is 10.0. The quantitative estimate of drug-likeness (QED) is 0.852. The Kier molecular flexibility index (Phi) is 4.50. The Balaban J connectivity index is 2.09. The molecule has 0 saturated heterocycles. The molecule has 0 fully saturated rings. The molecular formula is C15H12BrF3O. The molecule has 0 spiro atoms. The van der Waals surface area contributed by atoms with Crippen LogP contribution in [0.25, 0.3) is 0 Å². The van der Waals surface area contributed by atoms with Gasteiger partial charge < -0.3 is 5.11 Å². The monoisotopic (exact) mass is 344 g/mol. The van der Waals surface area contributed by atoms with Crippen LogP contribution in [-0.4, -0.2) is 5.11 Å². The number of aliphatic hydroxyl groups excluding tert-OH is 1. The zero-order valence-electron chi connectivity index (χ0n) is 10.4. The summed E-state index contributed by atoms with van der Waals surface area (Å²) >= 11 is 3.31. The topological polar surface area (TPSA) is 20.2 Å². The average Bonchev–Trinajstić information content (AvgIpc) is 2.40. The standard InChI is InChI=1S/C15H12BrF3O/c16-13-7-1-10(2-8-13)9-14(20)11-3-5-12(6-4-11)15(17,18)19/h1-8,14,20H,9H2. The minimum absolute atomic E-state index is 0.360. The van der Waals surface area contributed by atoms with Gasteiger partial charge in [0.05, 0.1) is 11.7 Å². The molecule has 5 heteroatoms. The number of halogens is 4. The molecule has 0 saturated carbocycles.